The van der Waals surface area contributed by atoms with Crippen LogP contribution in [-0.4, -0.2) is 52.2 Å². The molecule has 0 bridgehead atoms. The molecule has 1 aromatic heterocycles. The molecule has 2 amide bonds. The topological polar surface area (TPSA) is 122 Å². The number of urea groups is 1. The maximum Gasteiger partial charge on any atom is 0.322 e. The van der Waals surface area contributed by atoms with Crippen molar-refractivity contribution in [2.45, 2.75) is 32.4 Å². The van der Waals surface area contributed by atoms with Crippen LogP contribution in [0, 0.1) is 23.7 Å². The highest BCUT2D eigenvalue weighted by molar-refractivity contribution is 6.14. The van der Waals surface area contributed by atoms with Crippen molar-refractivity contribution in [2.75, 3.05) is 30.7 Å². The van der Waals surface area contributed by atoms with E-state index in [9.17, 15) is 4.79 Å². The Morgan fingerprint density at radius 2 is 1.94 bits per heavy atom. The van der Waals surface area contributed by atoms with E-state index in [4.69, 9.17) is 16.4 Å². The van der Waals surface area contributed by atoms with Crippen LogP contribution >= 0.6 is 0 Å². The number of hydrogen-bond acceptors (Lipinski definition) is 6. The number of carbonyl (C=O) groups is 1. The van der Waals surface area contributed by atoms with E-state index in [1.165, 1.54) is 0 Å². The van der Waals surface area contributed by atoms with E-state index in [1.54, 1.807) is 18.3 Å². The summed E-state index contributed by atoms with van der Waals surface area (Å²) < 4.78 is 0. The zero-order chi connectivity index (χ0) is 25.5. The lowest BCUT2D eigenvalue weighted by Crippen LogP contribution is -2.46. The Bertz CT molecular complexity index is 1240. The number of aryl methyl sites for hydroxylation is 1. The number of nitrogens with one attached hydrogen (secondary N) is 2. The first-order valence-corrected chi connectivity index (χ1v) is 12.1. The number of fused-ring (bicyclic) bond motifs is 1. The van der Waals surface area contributed by atoms with Gasteiger partial charge in [-0.15, -0.1) is 0 Å². The number of aromatic nitrogens is 1. The van der Waals surface area contributed by atoms with Crippen LogP contribution in [0.1, 0.15) is 35.2 Å². The SMILES string of the molecule is Cc1cc(C(=N)c2cc3c(cc2N)NC(=O)N(C2CCN(CCC#N)C2)C3)ccn1.c1ccccc1. The van der Waals surface area contributed by atoms with E-state index in [0.29, 0.717) is 35.6 Å². The summed E-state index contributed by atoms with van der Waals surface area (Å²) in [4.78, 5) is 21.0. The molecular weight excluding hydrogens is 450 g/mol. The van der Waals surface area contributed by atoms with Gasteiger partial charge in [0.25, 0.3) is 0 Å². The molecule has 36 heavy (non-hydrogen) atoms. The Morgan fingerprint density at radius 1 is 1.22 bits per heavy atom. The summed E-state index contributed by atoms with van der Waals surface area (Å²) in [6.45, 7) is 4.78. The number of nitrogens with two attached hydrogens (primary N) is 1. The van der Waals surface area contributed by atoms with Gasteiger partial charge in [-0.2, -0.15) is 5.26 Å². The Labute approximate surface area is 211 Å². The van der Waals surface area contributed by atoms with Gasteiger partial charge in [0.05, 0.1) is 11.8 Å². The average molecular weight is 482 g/mol. The van der Waals surface area contributed by atoms with Crippen LogP contribution in [0.5, 0.6) is 0 Å². The van der Waals surface area contributed by atoms with Crippen molar-refractivity contribution in [1.82, 2.24) is 14.8 Å². The molecule has 3 heterocycles. The van der Waals surface area contributed by atoms with E-state index < -0.39 is 0 Å². The average Bonchev–Trinajstić information content (AvgIpc) is 3.36. The monoisotopic (exact) mass is 481 g/mol. The molecule has 184 valence electrons. The molecule has 2 aliphatic rings. The van der Waals surface area contributed by atoms with Crippen molar-refractivity contribution < 1.29 is 4.79 Å². The van der Waals surface area contributed by atoms with Crippen LogP contribution < -0.4 is 11.1 Å². The maximum atomic E-state index is 12.7. The van der Waals surface area contributed by atoms with Crippen molar-refractivity contribution >= 4 is 23.1 Å². The van der Waals surface area contributed by atoms with Gasteiger partial charge in [0.1, 0.15) is 0 Å². The zero-order valence-electron chi connectivity index (χ0n) is 20.4. The third-order valence-corrected chi connectivity index (χ3v) is 6.47. The summed E-state index contributed by atoms with van der Waals surface area (Å²) >= 11 is 0. The van der Waals surface area contributed by atoms with Crippen LogP contribution in [0.15, 0.2) is 66.9 Å². The molecule has 4 N–H and O–H groups in total. The van der Waals surface area contributed by atoms with E-state index in [2.05, 4.69) is 21.3 Å². The molecule has 0 aliphatic carbocycles. The fourth-order valence-electron chi connectivity index (χ4n) is 4.58. The lowest BCUT2D eigenvalue weighted by atomic mass is 9.96. The summed E-state index contributed by atoms with van der Waals surface area (Å²) in [5.74, 6) is 0. The van der Waals surface area contributed by atoms with Gasteiger partial charge >= 0.3 is 6.03 Å². The molecule has 0 radical (unpaired) electrons. The summed E-state index contributed by atoms with van der Waals surface area (Å²) in [5.41, 5.74) is 10.9. The van der Waals surface area contributed by atoms with Gasteiger partial charge < -0.3 is 20.9 Å². The van der Waals surface area contributed by atoms with Gasteiger partial charge in [0, 0.05) is 73.0 Å². The highest BCUT2D eigenvalue weighted by Gasteiger charge is 2.34. The first-order valence-electron chi connectivity index (χ1n) is 12.1. The van der Waals surface area contributed by atoms with Crippen molar-refractivity contribution in [3.8, 4) is 6.07 Å². The molecule has 8 heteroatoms. The lowest BCUT2D eigenvalue weighted by molar-refractivity contribution is 0.180. The molecule has 0 spiro atoms. The van der Waals surface area contributed by atoms with E-state index in [0.717, 1.165) is 42.9 Å². The number of benzene rings is 2. The minimum Gasteiger partial charge on any atom is -0.398 e. The van der Waals surface area contributed by atoms with E-state index >= 15 is 0 Å². The largest absolute Gasteiger partial charge is 0.398 e. The molecule has 8 nitrogen and oxygen atoms in total. The van der Waals surface area contributed by atoms with E-state index in [1.807, 2.05) is 60.4 Å². The predicted octanol–water partition coefficient (Wildman–Crippen LogP) is 4.41. The molecule has 2 aliphatic heterocycles. The van der Waals surface area contributed by atoms with Crippen LogP contribution in [0.2, 0.25) is 0 Å². The number of hydrogen-bond donors (Lipinski definition) is 3. The predicted molar refractivity (Wildman–Crippen MR) is 142 cm³/mol. The molecule has 1 atom stereocenters. The first-order chi connectivity index (χ1) is 17.5. The number of amides is 2. The molecular formula is C28H31N7O. The maximum absolute atomic E-state index is 12.7. The summed E-state index contributed by atoms with van der Waals surface area (Å²) in [6, 6.07) is 21.5. The van der Waals surface area contributed by atoms with Crippen molar-refractivity contribution in [3.05, 3.63) is 89.2 Å². The molecule has 1 saturated heterocycles. The highest BCUT2D eigenvalue weighted by Crippen LogP contribution is 2.32. The standard InChI is InChI=1S/C22H25N7O.C6H6/c1-14-9-15(3-6-26-14)21(25)18-10-16-12-29(22(30)27-20(16)11-19(18)24)17-4-8-28(13-17)7-2-5-23;1-2-4-6-5-3-1/h3,6,9-11,17,25H,2,4,7-8,12-13,24H2,1H3,(H,27,30);1-6H. The number of likely N-dealkylation sites (tertiary alicyclic amines) is 1. The van der Waals surface area contributed by atoms with Crippen molar-refractivity contribution in [1.29, 1.82) is 10.7 Å². The van der Waals surface area contributed by atoms with Gasteiger partial charge in [0.2, 0.25) is 0 Å². The van der Waals surface area contributed by atoms with Crippen molar-refractivity contribution in [2.24, 2.45) is 0 Å². The Kier molecular flexibility index (Phi) is 7.93. The first kappa shape index (κ1) is 24.9. The van der Waals surface area contributed by atoms with Crippen molar-refractivity contribution in [3.63, 3.8) is 0 Å². The summed E-state index contributed by atoms with van der Waals surface area (Å²) in [7, 11) is 0. The zero-order valence-corrected chi connectivity index (χ0v) is 20.4. The second-order valence-corrected chi connectivity index (χ2v) is 9.02. The number of nitriles is 1. The fourth-order valence-corrected chi connectivity index (χ4v) is 4.58. The Hall–Kier alpha value is -4.22. The van der Waals surface area contributed by atoms with Crippen LogP contribution in [0.3, 0.4) is 0 Å². The minimum atomic E-state index is -0.124. The van der Waals surface area contributed by atoms with Crippen LogP contribution in [0.4, 0.5) is 16.2 Å². The Morgan fingerprint density at radius 3 is 2.61 bits per heavy atom. The number of pyridine rings is 1. The van der Waals surface area contributed by atoms with Gasteiger partial charge in [-0.3, -0.25) is 10.4 Å². The second kappa shape index (κ2) is 11.5. The second-order valence-electron chi connectivity index (χ2n) is 9.02. The van der Waals surface area contributed by atoms with E-state index in [-0.39, 0.29) is 12.1 Å². The summed E-state index contributed by atoms with van der Waals surface area (Å²) in [6.07, 6.45) is 3.08. The molecule has 3 aromatic rings. The van der Waals surface area contributed by atoms with Gasteiger partial charge in [-0.1, -0.05) is 36.4 Å². The fraction of sp³-hybridized carbons (Fsp3) is 0.286. The third-order valence-electron chi connectivity index (χ3n) is 6.47. The number of nitrogen functional groups attached to an aromatic ring is 1. The minimum absolute atomic E-state index is 0.111. The molecule has 0 saturated carbocycles. The molecule has 2 aromatic carbocycles. The number of carbonyl (C=O) groups excluding carboxylic acids is 1. The van der Waals surface area contributed by atoms with Crippen LogP contribution in [-0.2, 0) is 6.54 Å². The van der Waals surface area contributed by atoms with Crippen LogP contribution in [0.25, 0.3) is 0 Å². The molecule has 5 rings (SSSR count). The normalized spacial score (nSPS) is 16.8. The third kappa shape index (κ3) is 5.88. The lowest BCUT2D eigenvalue weighted by Gasteiger charge is -2.34. The molecule has 1 unspecified atom stereocenters. The molecule has 1 fully saturated rings. The Balaban J connectivity index is 0.000000445. The number of anilines is 2. The highest BCUT2D eigenvalue weighted by atomic mass is 16.2. The summed E-state index contributed by atoms with van der Waals surface area (Å²) in [5, 5.41) is 20.4. The smallest absolute Gasteiger partial charge is 0.322 e. The van der Waals surface area contributed by atoms with Gasteiger partial charge in [-0.25, -0.2) is 4.79 Å². The van der Waals surface area contributed by atoms with Gasteiger partial charge in [-0.05, 0) is 43.2 Å². The number of rotatable bonds is 5. The quantitative estimate of drug-likeness (QED) is 0.368. The number of nitrogens with zero attached hydrogens (tertiary/aromatic N) is 4. The van der Waals surface area contributed by atoms with Gasteiger partial charge in [0.15, 0.2) is 0 Å².